The van der Waals surface area contributed by atoms with E-state index in [1.165, 1.54) is 6.92 Å². The highest BCUT2D eigenvalue weighted by atomic mass is 35.5. The Hall–Kier alpha value is -0.330. The summed E-state index contributed by atoms with van der Waals surface area (Å²) in [5, 5.41) is 2.48. The van der Waals surface area contributed by atoms with Gasteiger partial charge in [-0.15, -0.1) is 11.6 Å². The molecule has 7 heteroatoms. The maximum Gasteiger partial charge on any atom is 0.216 e. The highest BCUT2D eigenvalue weighted by Crippen LogP contribution is 1.90. The van der Waals surface area contributed by atoms with Crippen LogP contribution in [0.2, 0.25) is 0 Å². The third kappa shape index (κ3) is 8.28. The summed E-state index contributed by atoms with van der Waals surface area (Å²) < 4.78 is 24.7. The molecule has 0 unspecified atom stereocenters. The van der Waals surface area contributed by atoms with Crippen molar-refractivity contribution in [2.75, 3.05) is 24.7 Å². The van der Waals surface area contributed by atoms with Crippen LogP contribution in [0, 0.1) is 0 Å². The van der Waals surface area contributed by atoms with Crippen LogP contribution in [0.25, 0.3) is 0 Å². The Morgan fingerprint density at radius 1 is 1.36 bits per heavy atom. The van der Waals surface area contributed by atoms with Gasteiger partial charge in [0.25, 0.3) is 0 Å². The first-order valence-corrected chi connectivity index (χ1v) is 6.44. The maximum atomic E-state index is 11.2. The van der Waals surface area contributed by atoms with Gasteiger partial charge in [0.2, 0.25) is 15.9 Å². The molecular weight excluding hydrogens is 228 g/mol. The van der Waals surface area contributed by atoms with Crippen LogP contribution in [0.5, 0.6) is 0 Å². The van der Waals surface area contributed by atoms with Gasteiger partial charge in [-0.25, -0.2) is 13.1 Å². The van der Waals surface area contributed by atoms with Crippen molar-refractivity contribution in [3.8, 4) is 0 Å². The molecule has 0 spiro atoms. The molecule has 0 atom stereocenters. The van der Waals surface area contributed by atoms with Crippen LogP contribution in [-0.2, 0) is 14.8 Å². The second kappa shape index (κ2) is 7.03. The standard InChI is InChI=1S/C7H15ClN2O3S/c1-7(11)9-4-5-10-14(12,13)6-2-3-8/h10H,2-6H2,1H3,(H,9,11). The summed E-state index contributed by atoms with van der Waals surface area (Å²) in [4.78, 5) is 10.4. The largest absolute Gasteiger partial charge is 0.355 e. The fourth-order valence-corrected chi connectivity index (χ4v) is 2.14. The molecule has 1 amide bonds. The van der Waals surface area contributed by atoms with Gasteiger partial charge in [0.05, 0.1) is 5.75 Å². The lowest BCUT2D eigenvalue weighted by molar-refractivity contribution is -0.118. The number of halogens is 1. The fourth-order valence-electron chi connectivity index (χ4n) is 0.762. The molecule has 0 rings (SSSR count). The third-order valence-electron chi connectivity index (χ3n) is 1.37. The molecule has 0 saturated carbocycles. The molecule has 84 valence electrons. The molecule has 0 radical (unpaired) electrons. The van der Waals surface area contributed by atoms with Gasteiger partial charge in [-0.05, 0) is 6.42 Å². The normalized spacial score (nSPS) is 11.3. The van der Waals surface area contributed by atoms with Gasteiger partial charge < -0.3 is 5.32 Å². The Balaban J connectivity index is 3.61. The summed E-state index contributed by atoms with van der Waals surface area (Å²) in [7, 11) is -3.23. The number of amides is 1. The minimum atomic E-state index is -3.23. The van der Waals surface area contributed by atoms with E-state index in [2.05, 4.69) is 10.0 Å². The summed E-state index contributed by atoms with van der Waals surface area (Å²) in [5.41, 5.74) is 0. The molecule has 0 aromatic heterocycles. The zero-order valence-electron chi connectivity index (χ0n) is 8.05. The number of hydrogen-bond acceptors (Lipinski definition) is 3. The van der Waals surface area contributed by atoms with E-state index in [4.69, 9.17) is 11.6 Å². The molecule has 0 saturated heterocycles. The van der Waals surface area contributed by atoms with Gasteiger partial charge >= 0.3 is 0 Å². The average molecular weight is 243 g/mol. The summed E-state index contributed by atoms with van der Waals surface area (Å²) in [5.74, 6) is 0.174. The van der Waals surface area contributed by atoms with Crippen LogP contribution in [0.15, 0.2) is 0 Å². The third-order valence-corrected chi connectivity index (χ3v) is 3.10. The number of carbonyl (C=O) groups is 1. The number of alkyl halides is 1. The average Bonchev–Trinajstić information content (AvgIpc) is 2.09. The van der Waals surface area contributed by atoms with Crippen molar-refractivity contribution < 1.29 is 13.2 Å². The van der Waals surface area contributed by atoms with Crippen LogP contribution >= 0.6 is 11.6 Å². The van der Waals surface area contributed by atoms with Gasteiger partial charge in [-0.3, -0.25) is 4.79 Å². The number of rotatable bonds is 7. The summed E-state index contributed by atoms with van der Waals surface area (Å²) in [6.07, 6.45) is 0.428. The second-order valence-electron chi connectivity index (χ2n) is 2.74. The number of nitrogens with one attached hydrogen (secondary N) is 2. The zero-order valence-corrected chi connectivity index (χ0v) is 9.62. The highest BCUT2D eigenvalue weighted by molar-refractivity contribution is 7.89. The van der Waals surface area contributed by atoms with Crippen molar-refractivity contribution in [3.63, 3.8) is 0 Å². The molecule has 0 aliphatic heterocycles. The zero-order chi connectivity index (χ0) is 11.0. The Labute approximate surface area is 89.3 Å². The van der Waals surface area contributed by atoms with Crippen LogP contribution in [0.1, 0.15) is 13.3 Å². The molecule has 0 bridgehead atoms. The molecule has 0 aromatic rings. The van der Waals surface area contributed by atoms with Gasteiger partial charge in [0, 0.05) is 25.9 Å². The van der Waals surface area contributed by atoms with Crippen LogP contribution in [-0.4, -0.2) is 39.0 Å². The lowest BCUT2D eigenvalue weighted by Crippen LogP contribution is -2.34. The molecule has 0 aliphatic carbocycles. The predicted molar refractivity (Wildman–Crippen MR) is 55.8 cm³/mol. The first-order chi connectivity index (χ1) is 6.48. The van der Waals surface area contributed by atoms with Gasteiger partial charge in [0.1, 0.15) is 0 Å². The van der Waals surface area contributed by atoms with E-state index in [9.17, 15) is 13.2 Å². The van der Waals surface area contributed by atoms with Gasteiger partial charge in [-0.1, -0.05) is 0 Å². The monoisotopic (exact) mass is 242 g/mol. The van der Waals surface area contributed by atoms with Crippen molar-refractivity contribution in [2.24, 2.45) is 0 Å². The fraction of sp³-hybridized carbons (Fsp3) is 0.857. The summed E-state index contributed by atoms with van der Waals surface area (Å²) in [6, 6.07) is 0. The maximum absolute atomic E-state index is 11.2. The van der Waals surface area contributed by atoms with E-state index < -0.39 is 10.0 Å². The molecule has 0 heterocycles. The molecule has 0 aliphatic rings. The lowest BCUT2D eigenvalue weighted by Gasteiger charge is -2.05. The van der Waals surface area contributed by atoms with E-state index in [1.807, 2.05) is 0 Å². The van der Waals surface area contributed by atoms with Crippen LogP contribution in [0.4, 0.5) is 0 Å². The predicted octanol–water partition coefficient (Wildman–Crippen LogP) is -0.329. The first kappa shape index (κ1) is 13.7. The first-order valence-electron chi connectivity index (χ1n) is 4.25. The minimum absolute atomic E-state index is 0.0244. The SMILES string of the molecule is CC(=O)NCCNS(=O)(=O)CCCCl. The van der Waals surface area contributed by atoms with Crippen molar-refractivity contribution in [2.45, 2.75) is 13.3 Å². The number of sulfonamides is 1. The van der Waals surface area contributed by atoms with E-state index in [1.54, 1.807) is 0 Å². The van der Waals surface area contributed by atoms with Crippen molar-refractivity contribution in [3.05, 3.63) is 0 Å². The summed E-state index contributed by atoms with van der Waals surface area (Å²) >= 11 is 5.36. The molecule has 14 heavy (non-hydrogen) atoms. The Morgan fingerprint density at radius 3 is 2.50 bits per heavy atom. The van der Waals surface area contributed by atoms with Gasteiger partial charge in [-0.2, -0.15) is 0 Å². The Kier molecular flexibility index (Phi) is 6.86. The Bertz CT molecular complexity index is 266. The minimum Gasteiger partial charge on any atom is -0.355 e. The molecule has 0 fully saturated rings. The topological polar surface area (TPSA) is 75.3 Å². The van der Waals surface area contributed by atoms with Crippen molar-refractivity contribution >= 4 is 27.5 Å². The Morgan fingerprint density at radius 2 is 2.00 bits per heavy atom. The van der Waals surface area contributed by atoms with E-state index in [0.29, 0.717) is 18.8 Å². The van der Waals surface area contributed by atoms with E-state index >= 15 is 0 Å². The van der Waals surface area contributed by atoms with E-state index in [-0.39, 0.29) is 18.2 Å². The van der Waals surface area contributed by atoms with E-state index in [0.717, 1.165) is 0 Å². The van der Waals surface area contributed by atoms with Crippen molar-refractivity contribution in [1.82, 2.24) is 10.0 Å². The molecular formula is C7H15ClN2O3S. The lowest BCUT2D eigenvalue weighted by atomic mass is 10.6. The molecule has 0 aromatic carbocycles. The van der Waals surface area contributed by atoms with Crippen LogP contribution < -0.4 is 10.0 Å². The van der Waals surface area contributed by atoms with Crippen LogP contribution in [0.3, 0.4) is 0 Å². The molecule has 2 N–H and O–H groups in total. The number of carbonyl (C=O) groups excluding carboxylic acids is 1. The quantitative estimate of drug-likeness (QED) is 0.474. The van der Waals surface area contributed by atoms with Crippen molar-refractivity contribution in [1.29, 1.82) is 0 Å². The number of hydrogen-bond donors (Lipinski definition) is 2. The smallest absolute Gasteiger partial charge is 0.216 e. The second-order valence-corrected chi connectivity index (χ2v) is 5.04. The highest BCUT2D eigenvalue weighted by Gasteiger charge is 2.07. The van der Waals surface area contributed by atoms with Gasteiger partial charge in [0.15, 0.2) is 0 Å². The molecule has 5 nitrogen and oxygen atoms in total. The summed E-state index contributed by atoms with van der Waals surface area (Å²) in [6.45, 7) is 1.89.